The van der Waals surface area contributed by atoms with Gasteiger partial charge in [0.2, 0.25) is 0 Å². The molecule has 1 atom stereocenters. The Bertz CT molecular complexity index is 545. The van der Waals surface area contributed by atoms with E-state index in [9.17, 15) is 9.59 Å². The van der Waals surface area contributed by atoms with Crippen LogP contribution in [0.15, 0.2) is 36.5 Å². The molecular formula is C17H18O4. The summed E-state index contributed by atoms with van der Waals surface area (Å²) in [6.45, 7) is 4.44. The lowest BCUT2D eigenvalue weighted by Crippen LogP contribution is -2.21. The van der Waals surface area contributed by atoms with Gasteiger partial charge in [0.25, 0.3) is 0 Å². The van der Waals surface area contributed by atoms with Gasteiger partial charge in [-0.3, -0.25) is 9.59 Å². The summed E-state index contributed by atoms with van der Waals surface area (Å²) >= 11 is 0. The third-order valence-electron chi connectivity index (χ3n) is 1.84. The highest BCUT2D eigenvalue weighted by Gasteiger charge is 2.09. The molecule has 0 aliphatic carbocycles. The third-order valence-corrected chi connectivity index (χ3v) is 1.84. The first kappa shape index (κ1) is 18.3. The molecule has 0 amide bonds. The Balaban J connectivity index is 4.39. The zero-order valence-corrected chi connectivity index (χ0v) is 12.4. The summed E-state index contributed by atoms with van der Waals surface area (Å²) in [5, 5.41) is 0. The van der Waals surface area contributed by atoms with Gasteiger partial charge in [-0.1, -0.05) is 30.1 Å². The molecule has 4 nitrogen and oxygen atoms in total. The lowest BCUT2D eigenvalue weighted by Gasteiger charge is -2.12. The van der Waals surface area contributed by atoms with Crippen LogP contribution in [-0.2, 0) is 19.1 Å². The van der Waals surface area contributed by atoms with Crippen LogP contribution in [0.5, 0.6) is 0 Å². The molecule has 0 saturated carbocycles. The average Bonchev–Trinajstić information content (AvgIpc) is 2.42. The highest BCUT2D eigenvalue weighted by molar-refractivity contribution is 5.67. The van der Waals surface area contributed by atoms with Crippen LogP contribution < -0.4 is 0 Å². The van der Waals surface area contributed by atoms with Gasteiger partial charge in [0, 0.05) is 13.8 Å². The van der Waals surface area contributed by atoms with Gasteiger partial charge in [-0.2, -0.15) is 0 Å². The minimum atomic E-state index is -0.613. The van der Waals surface area contributed by atoms with Gasteiger partial charge in [-0.05, 0) is 37.0 Å². The molecule has 0 radical (unpaired) electrons. The van der Waals surface area contributed by atoms with Crippen LogP contribution >= 0.6 is 0 Å². The standard InChI is InChI=1S/C17H18O4/c1-4-5-6-7-8-9-10-11-12-13-17(21-16(3)19)14-20-15(2)18/h4-5,10-13,17H,14H2,1-3H3. The molecule has 1 unspecified atom stereocenters. The van der Waals surface area contributed by atoms with E-state index in [2.05, 4.69) is 23.7 Å². The molecule has 0 spiro atoms. The van der Waals surface area contributed by atoms with Crippen LogP contribution in [0, 0.1) is 23.7 Å². The maximum absolute atomic E-state index is 10.9. The van der Waals surface area contributed by atoms with Gasteiger partial charge >= 0.3 is 11.9 Å². The van der Waals surface area contributed by atoms with Gasteiger partial charge < -0.3 is 9.47 Å². The lowest BCUT2D eigenvalue weighted by molar-refractivity contribution is -0.153. The SMILES string of the molecule is CC=CC#CC#CC=CC=CC(COC(C)=O)OC(C)=O. The first-order valence-electron chi connectivity index (χ1n) is 6.32. The largest absolute Gasteiger partial charge is 0.462 e. The second kappa shape index (κ2) is 12.3. The fraction of sp³-hybridized carbons (Fsp3) is 0.294. The van der Waals surface area contributed by atoms with E-state index in [-0.39, 0.29) is 6.61 Å². The number of carbonyl (C=O) groups is 2. The summed E-state index contributed by atoms with van der Waals surface area (Å²) in [6, 6.07) is 0. The fourth-order valence-electron chi connectivity index (χ4n) is 1.07. The molecule has 0 fully saturated rings. The second-order valence-electron chi connectivity index (χ2n) is 3.73. The summed E-state index contributed by atoms with van der Waals surface area (Å²) in [4.78, 5) is 21.6. The van der Waals surface area contributed by atoms with Crippen molar-refractivity contribution in [3.05, 3.63) is 36.5 Å². The molecule has 0 rings (SSSR count). The number of hydrogen-bond donors (Lipinski definition) is 0. The number of hydrogen-bond acceptors (Lipinski definition) is 4. The molecule has 0 aromatic heterocycles. The van der Waals surface area contributed by atoms with E-state index in [0.29, 0.717) is 0 Å². The maximum atomic E-state index is 10.9. The Morgan fingerprint density at radius 1 is 1.05 bits per heavy atom. The van der Waals surface area contributed by atoms with Gasteiger partial charge in [-0.15, -0.1) is 0 Å². The molecule has 0 saturated heterocycles. The van der Waals surface area contributed by atoms with E-state index in [1.165, 1.54) is 13.8 Å². The molecule has 0 N–H and O–H groups in total. The molecule has 0 aromatic carbocycles. The van der Waals surface area contributed by atoms with Gasteiger partial charge in [-0.25, -0.2) is 0 Å². The van der Waals surface area contributed by atoms with Crippen molar-refractivity contribution in [2.75, 3.05) is 6.61 Å². The second-order valence-corrected chi connectivity index (χ2v) is 3.73. The Hall–Kier alpha value is -2.72. The average molecular weight is 286 g/mol. The van der Waals surface area contributed by atoms with Gasteiger partial charge in [0.1, 0.15) is 6.61 Å². The molecule has 0 bridgehead atoms. The van der Waals surface area contributed by atoms with E-state index in [1.54, 1.807) is 30.4 Å². The highest BCUT2D eigenvalue weighted by Crippen LogP contribution is 1.98. The molecule has 21 heavy (non-hydrogen) atoms. The van der Waals surface area contributed by atoms with Gasteiger partial charge in [0.05, 0.1) is 0 Å². The summed E-state index contributed by atoms with van der Waals surface area (Å²) in [7, 11) is 0. The minimum absolute atomic E-state index is 0.0141. The van der Waals surface area contributed by atoms with Crippen molar-refractivity contribution in [2.24, 2.45) is 0 Å². The predicted octanol–water partition coefficient (Wildman–Crippen LogP) is 2.18. The third kappa shape index (κ3) is 13.5. The van der Waals surface area contributed by atoms with E-state index < -0.39 is 18.0 Å². The van der Waals surface area contributed by atoms with Crippen molar-refractivity contribution < 1.29 is 19.1 Å². The molecule has 0 aliphatic heterocycles. The number of carbonyl (C=O) groups excluding carboxylic acids is 2. The number of ether oxygens (including phenoxy) is 2. The van der Waals surface area contributed by atoms with Crippen molar-refractivity contribution in [3.8, 4) is 23.7 Å². The van der Waals surface area contributed by atoms with E-state index in [0.717, 1.165) is 0 Å². The van der Waals surface area contributed by atoms with Crippen molar-refractivity contribution in [1.29, 1.82) is 0 Å². The highest BCUT2D eigenvalue weighted by atomic mass is 16.6. The Morgan fingerprint density at radius 2 is 1.71 bits per heavy atom. The Morgan fingerprint density at radius 3 is 2.29 bits per heavy atom. The Kier molecular flexibility index (Phi) is 10.7. The van der Waals surface area contributed by atoms with E-state index in [4.69, 9.17) is 9.47 Å². The zero-order valence-electron chi connectivity index (χ0n) is 12.4. The van der Waals surface area contributed by atoms with Crippen molar-refractivity contribution >= 4 is 11.9 Å². The van der Waals surface area contributed by atoms with Crippen LogP contribution in [-0.4, -0.2) is 24.6 Å². The Labute approximate surface area is 125 Å². The summed E-state index contributed by atoms with van der Waals surface area (Å²) in [5.41, 5.74) is 0. The van der Waals surface area contributed by atoms with Crippen LogP contribution in [0.3, 0.4) is 0 Å². The summed E-state index contributed by atoms with van der Waals surface area (Å²) < 4.78 is 9.76. The molecule has 4 heteroatoms. The fourth-order valence-corrected chi connectivity index (χ4v) is 1.07. The molecular weight excluding hydrogens is 268 g/mol. The molecule has 0 heterocycles. The first-order chi connectivity index (χ1) is 10.1. The zero-order chi connectivity index (χ0) is 15.9. The van der Waals surface area contributed by atoms with Crippen molar-refractivity contribution in [3.63, 3.8) is 0 Å². The van der Waals surface area contributed by atoms with Crippen LogP contribution in [0.25, 0.3) is 0 Å². The summed E-state index contributed by atoms with van der Waals surface area (Å²) in [5.74, 6) is 9.87. The van der Waals surface area contributed by atoms with Crippen LogP contribution in [0.4, 0.5) is 0 Å². The normalized spacial score (nSPS) is 11.6. The molecule has 0 aromatic rings. The first-order valence-corrected chi connectivity index (χ1v) is 6.32. The number of rotatable bonds is 5. The quantitative estimate of drug-likeness (QED) is 0.441. The smallest absolute Gasteiger partial charge is 0.303 e. The number of allylic oxidation sites excluding steroid dienone is 5. The van der Waals surface area contributed by atoms with E-state index in [1.807, 2.05) is 13.0 Å². The molecule has 0 aliphatic rings. The summed E-state index contributed by atoms with van der Waals surface area (Å²) in [6.07, 6.45) is 9.46. The van der Waals surface area contributed by atoms with E-state index >= 15 is 0 Å². The van der Waals surface area contributed by atoms with Crippen molar-refractivity contribution in [2.45, 2.75) is 26.9 Å². The minimum Gasteiger partial charge on any atom is -0.462 e. The monoisotopic (exact) mass is 286 g/mol. The topological polar surface area (TPSA) is 52.6 Å². The van der Waals surface area contributed by atoms with Crippen molar-refractivity contribution in [1.82, 2.24) is 0 Å². The van der Waals surface area contributed by atoms with Crippen LogP contribution in [0.2, 0.25) is 0 Å². The number of esters is 2. The predicted molar refractivity (Wildman–Crippen MR) is 80.8 cm³/mol. The molecule has 110 valence electrons. The maximum Gasteiger partial charge on any atom is 0.303 e. The van der Waals surface area contributed by atoms with Gasteiger partial charge in [0.15, 0.2) is 6.10 Å². The van der Waals surface area contributed by atoms with Crippen LogP contribution in [0.1, 0.15) is 20.8 Å². The lowest BCUT2D eigenvalue weighted by atomic mass is 10.3.